The molecule has 1 aliphatic heterocycles. The second-order valence-electron chi connectivity index (χ2n) is 6.51. The largest absolute Gasteiger partial charge is 0.482 e. The predicted octanol–water partition coefficient (Wildman–Crippen LogP) is 4.61. The van der Waals surface area contributed by atoms with Crippen LogP contribution >= 0.6 is 11.6 Å². The monoisotopic (exact) mass is 383 g/mol. The topological polar surface area (TPSA) is 65.4 Å². The number of nitriles is 1. The Balaban J connectivity index is 1.69. The number of benzene rings is 2. The lowest BCUT2D eigenvalue weighted by molar-refractivity contribution is -0.118. The number of carbonyl (C=O) groups is 1. The summed E-state index contributed by atoms with van der Waals surface area (Å²) in [6, 6.07) is 14.5. The van der Waals surface area contributed by atoms with Crippen molar-refractivity contribution in [1.29, 1.82) is 5.26 Å². The molecule has 0 bridgehead atoms. The highest BCUT2D eigenvalue weighted by Crippen LogP contribution is 2.31. The van der Waals surface area contributed by atoms with Crippen LogP contribution in [0.25, 0.3) is 0 Å². The first kappa shape index (κ1) is 19.1. The molecule has 0 spiro atoms. The van der Waals surface area contributed by atoms with Crippen molar-refractivity contribution in [2.24, 2.45) is 0 Å². The van der Waals surface area contributed by atoms with Crippen LogP contribution in [-0.2, 0) is 4.79 Å². The van der Waals surface area contributed by atoms with Crippen LogP contribution in [0.15, 0.2) is 42.5 Å². The molecule has 27 heavy (non-hydrogen) atoms. The summed E-state index contributed by atoms with van der Waals surface area (Å²) < 4.78 is 5.52. The van der Waals surface area contributed by atoms with E-state index in [0.717, 1.165) is 31.6 Å². The number of para-hydroxylation sites is 1. The average Bonchev–Trinajstić information content (AvgIpc) is 2.96. The van der Waals surface area contributed by atoms with Crippen molar-refractivity contribution in [2.75, 3.05) is 29.9 Å². The summed E-state index contributed by atoms with van der Waals surface area (Å²) in [6.07, 6.45) is 4.75. The standard InChI is InChI=1S/C21H22ClN3O2/c22-17-9-10-19(25-11-5-1-2-6-12-25)18(13-17)24-21(26)15-27-20-8-4-3-7-16(20)14-23/h3-4,7-10,13H,1-2,5-6,11-12,15H2,(H,24,26). The lowest BCUT2D eigenvalue weighted by Crippen LogP contribution is -2.27. The molecule has 2 aromatic carbocycles. The van der Waals surface area contributed by atoms with Gasteiger partial charge in [-0.2, -0.15) is 5.26 Å². The van der Waals surface area contributed by atoms with Crippen LogP contribution in [0.1, 0.15) is 31.2 Å². The zero-order valence-electron chi connectivity index (χ0n) is 15.1. The minimum atomic E-state index is -0.291. The molecule has 0 unspecified atom stereocenters. The number of nitrogens with zero attached hydrogens (tertiary/aromatic N) is 2. The molecular formula is C21H22ClN3O2. The molecule has 3 rings (SSSR count). The van der Waals surface area contributed by atoms with E-state index in [0.29, 0.717) is 22.0 Å². The first-order valence-electron chi connectivity index (χ1n) is 9.13. The van der Waals surface area contributed by atoms with Gasteiger partial charge in [0.2, 0.25) is 0 Å². The van der Waals surface area contributed by atoms with Gasteiger partial charge in [-0.15, -0.1) is 0 Å². The third-order valence-electron chi connectivity index (χ3n) is 4.55. The van der Waals surface area contributed by atoms with Crippen molar-refractivity contribution in [1.82, 2.24) is 0 Å². The van der Waals surface area contributed by atoms with Crippen LogP contribution in [-0.4, -0.2) is 25.6 Å². The number of hydrogen-bond acceptors (Lipinski definition) is 4. The molecule has 0 aromatic heterocycles. The molecule has 1 N–H and O–H groups in total. The fourth-order valence-electron chi connectivity index (χ4n) is 3.21. The Morgan fingerprint density at radius 3 is 2.63 bits per heavy atom. The zero-order chi connectivity index (χ0) is 19.1. The van der Waals surface area contributed by atoms with Crippen LogP contribution in [0, 0.1) is 11.3 Å². The zero-order valence-corrected chi connectivity index (χ0v) is 15.8. The quantitative estimate of drug-likeness (QED) is 0.818. The summed E-state index contributed by atoms with van der Waals surface area (Å²) >= 11 is 6.15. The Morgan fingerprint density at radius 1 is 1.15 bits per heavy atom. The second kappa shape index (κ2) is 9.29. The number of ether oxygens (including phenoxy) is 1. The van der Waals surface area contributed by atoms with Crippen LogP contribution in [0.5, 0.6) is 5.75 Å². The average molecular weight is 384 g/mol. The van der Waals surface area contributed by atoms with Crippen molar-refractivity contribution in [2.45, 2.75) is 25.7 Å². The van der Waals surface area contributed by atoms with E-state index < -0.39 is 0 Å². The van der Waals surface area contributed by atoms with Crippen LogP contribution in [0.3, 0.4) is 0 Å². The third-order valence-corrected chi connectivity index (χ3v) is 4.78. The first-order valence-corrected chi connectivity index (χ1v) is 9.51. The fourth-order valence-corrected chi connectivity index (χ4v) is 3.38. The van der Waals surface area contributed by atoms with Gasteiger partial charge in [-0.05, 0) is 43.2 Å². The maximum atomic E-state index is 12.4. The number of halogens is 1. The van der Waals surface area contributed by atoms with E-state index in [1.165, 1.54) is 12.8 Å². The molecule has 0 atom stereocenters. The van der Waals surface area contributed by atoms with Gasteiger partial charge in [-0.3, -0.25) is 4.79 Å². The van der Waals surface area contributed by atoms with Gasteiger partial charge >= 0.3 is 0 Å². The Morgan fingerprint density at radius 2 is 1.89 bits per heavy atom. The van der Waals surface area contributed by atoms with Crippen molar-refractivity contribution in [3.8, 4) is 11.8 Å². The van der Waals surface area contributed by atoms with Gasteiger partial charge in [0.25, 0.3) is 5.91 Å². The van der Waals surface area contributed by atoms with Gasteiger partial charge in [0.05, 0.1) is 16.9 Å². The fraction of sp³-hybridized carbons (Fsp3) is 0.333. The van der Waals surface area contributed by atoms with E-state index in [2.05, 4.69) is 16.3 Å². The molecule has 1 amide bonds. The lowest BCUT2D eigenvalue weighted by Gasteiger charge is -2.25. The van der Waals surface area contributed by atoms with Gasteiger partial charge in [0, 0.05) is 18.1 Å². The van der Waals surface area contributed by atoms with Crippen molar-refractivity contribution in [3.05, 3.63) is 53.1 Å². The Hall–Kier alpha value is -2.71. The third kappa shape index (κ3) is 5.15. The van der Waals surface area contributed by atoms with Gasteiger partial charge < -0.3 is 15.0 Å². The highest BCUT2D eigenvalue weighted by Gasteiger charge is 2.16. The van der Waals surface area contributed by atoms with Crippen molar-refractivity contribution >= 4 is 28.9 Å². The Labute approximate surface area is 164 Å². The van der Waals surface area contributed by atoms with Crippen molar-refractivity contribution < 1.29 is 9.53 Å². The smallest absolute Gasteiger partial charge is 0.262 e. The molecule has 0 radical (unpaired) electrons. The van der Waals surface area contributed by atoms with Gasteiger partial charge in [0.15, 0.2) is 6.61 Å². The van der Waals surface area contributed by atoms with Crippen LogP contribution in [0.2, 0.25) is 5.02 Å². The Kier molecular flexibility index (Phi) is 6.56. The number of hydrogen-bond donors (Lipinski definition) is 1. The van der Waals surface area contributed by atoms with Gasteiger partial charge in [-0.1, -0.05) is 36.6 Å². The number of anilines is 2. The van der Waals surface area contributed by atoms with E-state index >= 15 is 0 Å². The Bertz CT molecular complexity index is 840. The van der Waals surface area contributed by atoms with Gasteiger partial charge in [-0.25, -0.2) is 0 Å². The number of rotatable bonds is 5. The maximum absolute atomic E-state index is 12.4. The molecule has 1 heterocycles. The lowest BCUT2D eigenvalue weighted by atomic mass is 10.2. The minimum Gasteiger partial charge on any atom is -0.482 e. The summed E-state index contributed by atoms with van der Waals surface area (Å²) in [4.78, 5) is 14.7. The van der Waals surface area contributed by atoms with E-state index in [-0.39, 0.29) is 12.5 Å². The maximum Gasteiger partial charge on any atom is 0.262 e. The summed E-state index contributed by atoms with van der Waals surface area (Å²) in [6.45, 7) is 1.76. The molecule has 1 saturated heterocycles. The van der Waals surface area contributed by atoms with Crippen LogP contribution < -0.4 is 15.0 Å². The molecule has 2 aromatic rings. The normalized spacial score (nSPS) is 14.1. The highest BCUT2D eigenvalue weighted by molar-refractivity contribution is 6.31. The molecule has 0 saturated carbocycles. The summed E-state index contributed by atoms with van der Waals surface area (Å²) in [7, 11) is 0. The number of carbonyl (C=O) groups excluding carboxylic acids is 1. The highest BCUT2D eigenvalue weighted by atomic mass is 35.5. The number of nitrogens with one attached hydrogen (secondary N) is 1. The van der Waals surface area contributed by atoms with E-state index in [4.69, 9.17) is 21.6 Å². The SMILES string of the molecule is N#Cc1ccccc1OCC(=O)Nc1cc(Cl)ccc1N1CCCCCC1. The van der Waals surface area contributed by atoms with Gasteiger partial charge in [0.1, 0.15) is 11.8 Å². The molecule has 6 heteroatoms. The van der Waals surface area contributed by atoms with E-state index in [1.54, 1.807) is 30.3 Å². The summed E-state index contributed by atoms with van der Waals surface area (Å²) in [5, 5.41) is 12.6. The van der Waals surface area contributed by atoms with E-state index in [9.17, 15) is 4.79 Å². The predicted molar refractivity (Wildman–Crippen MR) is 107 cm³/mol. The molecular weight excluding hydrogens is 362 g/mol. The second-order valence-corrected chi connectivity index (χ2v) is 6.94. The van der Waals surface area contributed by atoms with E-state index in [1.807, 2.05) is 12.1 Å². The molecule has 0 aliphatic carbocycles. The first-order chi connectivity index (χ1) is 13.2. The molecule has 5 nitrogen and oxygen atoms in total. The molecule has 1 fully saturated rings. The van der Waals surface area contributed by atoms with Crippen LogP contribution in [0.4, 0.5) is 11.4 Å². The minimum absolute atomic E-state index is 0.176. The summed E-state index contributed by atoms with van der Waals surface area (Å²) in [5.74, 6) is 0.107. The summed E-state index contributed by atoms with van der Waals surface area (Å²) in [5.41, 5.74) is 2.07. The molecule has 140 valence electrons. The van der Waals surface area contributed by atoms with Crippen molar-refractivity contribution in [3.63, 3.8) is 0 Å². The number of amides is 1. The molecule has 1 aliphatic rings.